The molecule has 3 aromatic carbocycles. The number of hydrogen-bond donors (Lipinski definition) is 1. The van der Waals surface area contributed by atoms with Gasteiger partial charge in [0.05, 0.1) is 21.3 Å². The molecule has 37 heavy (non-hydrogen) atoms. The molecule has 0 aromatic heterocycles. The molecule has 2 unspecified atom stereocenters. The Morgan fingerprint density at radius 3 is 2.35 bits per heavy atom. The molecule has 1 aliphatic heterocycles. The first-order chi connectivity index (χ1) is 17.8. The highest BCUT2D eigenvalue weighted by Gasteiger charge is 2.41. The number of benzene rings is 3. The number of carbonyl (C=O) groups is 2. The lowest BCUT2D eigenvalue weighted by Crippen LogP contribution is -2.32. The molecule has 0 spiro atoms. The smallest absolute Gasteiger partial charge is 0.265 e. The number of aryl methyl sites for hydroxylation is 1. The fraction of sp³-hybridized carbons (Fsp3) is 0.207. The van der Waals surface area contributed by atoms with E-state index in [2.05, 4.69) is 18.3 Å². The summed E-state index contributed by atoms with van der Waals surface area (Å²) in [6.07, 6.45) is 1.23. The fourth-order valence-electron chi connectivity index (χ4n) is 4.08. The van der Waals surface area contributed by atoms with Gasteiger partial charge in [-0.25, -0.2) is 0 Å². The van der Waals surface area contributed by atoms with Gasteiger partial charge in [-0.05, 0) is 60.7 Å². The average Bonchev–Trinajstić information content (AvgIpc) is 3.22. The van der Waals surface area contributed by atoms with Gasteiger partial charge in [0.25, 0.3) is 5.91 Å². The summed E-state index contributed by atoms with van der Waals surface area (Å²) < 4.78 is 0. The Hall–Kier alpha value is -3.24. The zero-order chi connectivity index (χ0) is 26.5. The summed E-state index contributed by atoms with van der Waals surface area (Å²) in [5, 5.41) is 13.6. The maximum atomic E-state index is 13.7. The summed E-state index contributed by atoms with van der Waals surface area (Å²) >= 11 is 13.5. The molecule has 3 aromatic rings. The Morgan fingerprint density at radius 1 is 1.05 bits per heavy atom. The molecule has 4 rings (SSSR count). The molecule has 0 aliphatic carbocycles. The molecule has 0 bridgehead atoms. The maximum absolute atomic E-state index is 13.7. The molecule has 8 heteroatoms. The Morgan fingerprint density at radius 2 is 1.73 bits per heavy atom. The molecule has 5 nitrogen and oxygen atoms in total. The van der Waals surface area contributed by atoms with Crippen LogP contribution in [0.2, 0.25) is 10.0 Å². The molecule has 0 saturated carbocycles. The van der Waals surface area contributed by atoms with Crippen LogP contribution in [0.1, 0.15) is 36.6 Å². The van der Waals surface area contributed by atoms with E-state index in [-0.39, 0.29) is 17.5 Å². The second kappa shape index (κ2) is 11.9. The first kappa shape index (κ1) is 26.8. The molecule has 1 heterocycles. The first-order valence-electron chi connectivity index (χ1n) is 11.9. The third kappa shape index (κ3) is 6.02. The van der Waals surface area contributed by atoms with Crippen LogP contribution in [0.15, 0.2) is 83.4 Å². The molecule has 0 radical (unpaired) electrons. The van der Waals surface area contributed by atoms with Crippen molar-refractivity contribution in [2.45, 2.75) is 38.0 Å². The SMILES string of the molecule is CCc1ccc(N2C(=O)C(Cc3ccc(Cl)c(Cl)c3)S/C2=C(/C#N)C(=O)NC(C)c2ccccc2)cc1. The van der Waals surface area contributed by atoms with Crippen LogP contribution in [0.25, 0.3) is 0 Å². The van der Waals surface area contributed by atoms with Gasteiger partial charge in [-0.15, -0.1) is 0 Å². The van der Waals surface area contributed by atoms with E-state index >= 15 is 0 Å². The van der Waals surface area contributed by atoms with Crippen LogP contribution in [-0.2, 0) is 22.4 Å². The van der Waals surface area contributed by atoms with Crippen LogP contribution in [0.4, 0.5) is 5.69 Å². The number of amides is 2. The number of hydrogen-bond acceptors (Lipinski definition) is 4. The van der Waals surface area contributed by atoms with E-state index in [1.807, 2.05) is 67.6 Å². The molecular formula is C29H25Cl2N3O2S. The van der Waals surface area contributed by atoms with E-state index in [0.717, 1.165) is 23.1 Å². The summed E-state index contributed by atoms with van der Waals surface area (Å²) in [5.41, 5.74) is 3.38. The van der Waals surface area contributed by atoms with Crippen molar-refractivity contribution < 1.29 is 9.59 Å². The Kier molecular flexibility index (Phi) is 8.60. The number of nitrogens with zero attached hydrogens (tertiary/aromatic N) is 2. The van der Waals surface area contributed by atoms with Gasteiger partial charge in [0.15, 0.2) is 0 Å². The topological polar surface area (TPSA) is 73.2 Å². The van der Waals surface area contributed by atoms with E-state index in [9.17, 15) is 14.9 Å². The third-order valence-corrected chi connectivity index (χ3v) is 8.16. The van der Waals surface area contributed by atoms with Crippen LogP contribution in [0.3, 0.4) is 0 Å². The number of halogens is 2. The van der Waals surface area contributed by atoms with Gasteiger partial charge >= 0.3 is 0 Å². The van der Waals surface area contributed by atoms with Crippen molar-refractivity contribution in [3.63, 3.8) is 0 Å². The van der Waals surface area contributed by atoms with Gasteiger partial charge in [-0.3, -0.25) is 14.5 Å². The Balaban J connectivity index is 1.70. The maximum Gasteiger partial charge on any atom is 0.265 e. The summed E-state index contributed by atoms with van der Waals surface area (Å²) in [5.74, 6) is -0.730. The van der Waals surface area contributed by atoms with Crippen LogP contribution >= 0.6 is 35.0 Å². The summed E-state index contributed by atoms with van der Waals surface area (Å²) in [6.45, 7) is 3.91. The van der Waals surface area contributed by atoms with Gasteiger partial charge in [0.1, 0.15) is 16.7 Å². The number of rotatable bonds is 7. The first-order valence-corrected chi connectivity index (χ1v) is 13.5. The van der Waals surface area contributed by atoms with Gasteiger partial charge in [0, 0.05) is 5.69 Å². The molecule has 1 aliphatic rings. The highest BCUT2D eigenvalue weighted by atomic mass is 35.5. The number of thioether (sulfide) groups is 1. The van der Waals surface area contributed by atoms with E-state index in [1.165, 1.54) is 16.7 Å². The predicted molar refractivity (Wildman–Crippen MR) is 150 cm³/mol. The number of nitrogens with one attached hydrogen (secondary N) is 1. The number of nitriles is 1. The number of anilines is 1. The van der Waals surface area contributed by atoms with Gasteiger partial charge in [0.2, 0.25) is 5.91 Å². The van der Waals surface area contributed by atoms with Crippen LogP contribution < -0.4 is 10.2 Å². The lowest BCUT2D eigenvalue weighted by Gasteiger charge is -2.20. The van der Waals surface area contributed by atoms with Crippen molar-refractivity contribution >= 4 is 52.5 Å². The minimum absolute atomic E-state index is 0.0997. The van der Waals surface area contributed by atoms with E-state index in [1.54, 1.807) is 12.1 Å². The van der Waals surface area contributed by atoms with Gasteiger partial charge in [-0.1, -0.05) is 90.4 Å². The van der Waals surface area contributed by atoms with Gasteiger partial charge < -0.3 is 5.32 Å². The van der Waals surface area contributed by atoms with Crippen molar-refractivity contribution in [2.75, 3.05) is 4.90 Å². The van der Waals surface area contributed by atoms with Gasteiger partial charge in [-0.2, -0.15) is 5.26 Å². The minimum atomic E-state index is -0.541. The van der Waals surface area contributed by atoms with Crippen LogP contribution in [-0.4, -0.2) is 17.1 Å². The average molecular weight is 551 g/mol. The Bertz CT molecular complexity index is 1380. The lowest BCUT2D eigenvalue weighted by molar-refractivity contribution is -0.117. The zero-order valence-electron chi connectivity index (χ0n) is 20.4. The van der Waals surface area contributed by atoms with Crippen LogP contribution in [0, 0.1) is 11.3 Å². The van der Waals surface area contributed by atoms with E-state index in [0.29, 0.717) is 27.2 Å². The molecule has 1 N–H and O–H groups in total. The monoisotopic (exact) mass is 549 g/mol. The third-order valence-electron chi connectivity index (χ3n) is 6.16. The minimum Gasteiger partial charge on any atom is -0.345 e. The predicted octanol–water partition coefficient (Wildman–Crippen LogP) is 6.86. The highest BCUT2D eigenvalue weighted by Crippen LogP contribution is 2.42. The molecule has 2 amide bonds. The quantitative estimate of drug-likeness (QED) is 0.258. The van der Waals surface area contributed by atoms with Crippen molar-refractivity contribution in [2.24, 2.45) is 0 Å². The van der Waals surface area contributed by atoms with Crippen LogP contribution in [0.5, 0.6) is 0 Å². The van der Waals surface area contributed by atoms with E-state index < -0.39 is 11.2 Å². The molecule has 1 fully saturated rings. The second-order valence-corrected chi connectivity index (χ2v) is 10.7. The largest absolute Gasteiger partial charge is 0.345 e. The van der Waals surface area contributed by atoms with Crippen molar-refractivity contribution in [3.05, 3.63) is 110 Å². The number of carbonyl (C=O) groups excluding carboxylic acids is 2. The summed E-state index contributed by atoms with van der Waals surface area (Å²) in [7, 11) is 0. The second-order valence-electron chi connectivity index (χ2n) is 8.65. The van der Waals surface area contributed by atoms with Crippen molar-refractivity contribution in [1.82, 2.24) is 5.32 Å². The van der Waals surface area contributed by atoms with Crippen molar-refractivity contribution in [1.29, 1.82) is 5.26 Å². The van der Waals surface area contributed by atoms with E-state index in [4.69, 9.17) is 23.2 Å². The Labute approximate surface area is 231 Å². The summed E-state index contributed by atoms with van der Waals surface area (Å²) in [4.78, 5) is 28.5. The highest BCUT2D eigenvalue weighted by molar-refractivity contribution is 8.05. The molecular weight excluding hydrogens is 525 g/mol. The lowest BCUT2D eigenvalue weighted by atomic mass is 10.1. The van der Waals surface area contributed by atoms with Crippen molar-refractivity contribution in [3.8, 4) is 6.07 Å². The molecule has 2 atom stereocenters. The molecule has 188 valence electrons. The standard InChI is InChI=1S/C29H25Cl2N3O2S/c1-3-19-9-12-22(13-10-19)34-28(36)26(16-20-11-14-24(30)25(31)15-20)37-29(34)23(17-32)27(35)33-18(2)21-7-5-4-6-8-21/h4-15,18,26H,3,16H2,1-2H3,(H,33,35)/b29-23-. The zero-order valence-corrected chi connectivity index (χ0v) is 22.7. The summed E-state index contributed by atoms with van der Waals surface area (Å²) in [6, 6.07) is 24.1. The molecule has 1 saturated heterocycles. The normalized spacial score (nSPS) is 17.3. The fourth-order valence-corrected chi connectivity index (χ4v) is 5.71.